The number of hydrogen-bond acceptors (Lipinski definition) is 5. The lowest BCUT2D eigenvalue weighted by atomic mass is 9.98. The molecule has 0 aromatic heterocycles. The molecule has 1 heterocycles. The zero-order chi connectivity index (χ0) is 25.8. The molecule has 0 saturated heterocycles. The first-order chi connectivity index (χ1) is 18.1. The quantitative estimate of drug-likeness (QED) is 0.211. The lowest BCUT2D eigenvalue weighted by Crippen LogP contribution is -2.49. The number of ether oxygens (including phenoxy) is 1. The third kappa shape index (κ3) is 4.89. The Morgan fingerprint density at radius 1 is 0.811 bits per heavy atom. The number of carbonyl (C=O) groups excluding carboxylic acids is 1. The smallest absolute Gasteiger partial charge is 0.270 e. The number of nitro benzene ring substituents is 1. The number of anilines is 1. The van der Waals surface area contributed by atoms with Crippen LogP contribution in [0.25, 0.3) is 0 Å². The number of hydrogen-bond donors (Lipinski definition) is 0. The molecule has 1 aliphatic heterocycles. The van der Waals surface area contributed by atoms with Crippen molar-refractivity contribution in [2.45, 2.75) is 26.2 Å². The average molecular weight is 494 g/mol. The summed E-state index contributed by atoms with van der Waals surface area (Å²) in [6, 6.07) is 32.0. The maximum absolute atomic E-state index is 14.1. The molecule has 0 saturated carbocycles. The van der Waals surface area contributed by atoms with Gasteiger partial charge in [-0.2, -0.15) is 0 Å². The van der Waals surface area contributed by atoms with E-state index in [1.54, 1.807) is 11.0 Å². The molecule has 1 aliphatic rings. The maximum atomic E-state index is 14.1. The van der Waals surface area contributed by atoms with Crippen molar-refractivity contribution in [3.63, 3.8) is 0 Å². The van der Waals surface area contributed by atoms with E-state index >= 15 is 0 Å². The van der Waals surface area contributed by atoms with Crippen molar-refractivity contribution in [1.29, 1.82) is 0 Å². The summed E-state index contributed by atoms with van der Waals surface area (Å²) in [5, 5.41) is 11.6. The van der Waals surface area contributed by atoms with Gasteiger partial charge in [0.15, 0.2) is 0 Å². The zero-order valence-electron chi connectivity index (χ0n) is 20.5. The van der Waals surface area contributed by atoms with Crippen LogP contribution in [-0.2, 0) is 13.1 Å². The minimum absolute atomic E-state index is 0.111. The van der Waals surface area contributed by atoms with Gasteiger partial charge in [-0.25, -0.2) is 0 Å². The second-order valence-corrected chi connectivity index (χ2v) is 8.84. The Kier molecular flexibility index (Phi) is 6.85. The number of carbonyl (C=O) groups is 1. The normalized spacial score (nSPS) is 14.8. The third-order valence-electron chi connectivity index (χ3n) is 6.47. The van der Waals surface area contributed by atoms with Crippen molar-refractivity contribution in [2.75, 3.05) is 11.5 Å². The summed E-state index contributed by atoms with van der Waals surface area (Å²) in [6.07, 6.45) is -0.496. The van der Waals surface area contributed by atoms with Gasteiger partial charge in [-0.05, 0) is 30.2 Å². The molecule has 0 unspecified atom stereocenters. The molecule has 0 aliphatic carbocycles. The fourth-order valence-electron chi connectivity index (χ4n) is 4.83. The van der Waals surface area contributed by atoms with Gasteiger partial charge in [0.05, 0.1) is 22.8 Å². The van der Waals surface area contributed by atoms with Gasteiger partial charge in [0.1, 0.15) is 11.9 Å². The molecule has 37 heavy (non-hydrogen) atoms. The van der Waals surface area contributed by atoms with Gasteiger partial charge in [-0.1, -0.05) is 78.9 Å². The van der Waals surface area contributed by atoms with Crippen LogP contribution in [0.4, 0.5) is 11.4 Å². The SMILES string of the molecule is CCOc1ccccc1[C@@H]1N(Cc2ccccc2)C(=O)c2cc([N+](=O)[O-])ccc2N1Cc1ccccc1. The first-order valence-corrected chi connectivity index (χ1v) is 12.2. The van der Waals surface area contributed by atoms with Gasteiger partial charge in [-0.3, -0.25) is 14.9 Å². The lowest BCUT2D eigenvalue weighted by Gasteiger charge is -2.46. The highest BCUT2D eigenvalue weighted by molar-refractivity contribution is 6.02. The topological polar surface area (TPSA) is 75.9 Å². The van der Waals surface area contributed by atoms with E-state index in [1.807, 2.05) is 91.9 Å². The predicted octanol–water partition coefficient (Wildman–Crippen LogP) is 6.35. The van der Waals surface area contributed by atoms with Crippen LogP contribution in [0.3, 0.4) is 0 Å². The molecular formula is C30H27N3O4. The second kappa shape index (κ2) is 10.5. The van der Waals surface area contributed by atoms with Gasteiger partial charge in [0, 0.05) is 30.8 Å². The summed E-state index contributed by atoms with van der Waals surface area (Å²) in [4.78, 5) is 29.1. The Morgan fingerprint density at radius 3 is 2.03 bits per heavy atom. The highest BCUT2D eigenvalue weighted by Gasteiger charge is 2.40. The van der Waals surface area contributed by atoms with Crippen molar-refractivity contribution in [3.8, 4) is 5.75 Å². The lowest BCUT2D eigenvalue weighted by molar-refractivity contribution is -0.384. The molecule has 4 aromatic rings. The Morgan fingerprint density at radius 2 is 1.41 bits per heavy atom. The monoisotopic (exact) mass is 493 g/mol. The summed E-state index contributed by atoms with van der Waals surface area (Å²) in [7, 11) is 0. The fourth-order valence-corrected chi connectivity index (χ4v) is 4.83. The summed E-state index contributed by atoms with van der Waals surface area (Å²) in [5.41, 5.74) is 3.72. The number of non-ortho nitro benzene ring substituents is 1. The van der Waals surface area contributed by atoms with Gasteiger partial charge in [0.25, 0.3) is 11.6 Å². The van der Waals surface area contributed by atoms with Crippen molar-refractivity contribution >= 4 is 17.3 Å². The standard InChI is InChI=1S/C30H27N3O4/c1-2-37-28-16-10-9-15-25(28)29-31(20-22-11-5-3-6-12-22)27-18-17-24(33(35)36)19-26(27)30(34)32(29)21-23-13-7-4-8-14-23/h3-19,29H,2,20-21H2,1H3/t29-/m0/s1. The molecule has 0 N–H and O–H groups in total. The van der Waals surface area contributed by atoms with Gasteiger partial charge < -0.3 is 14.5 Å². The van der Waals surface area contributed by atoms with Crippen LogP contribution in [0.5, 0.6) is 5.75 Å². The van der Waals surface area contributed by atoms with Crippen molar-refractivity contribution in [3.05, 3.63) is 135 Å². The summed E-state index contributed by atoms with van der Waals surface area (Å²) in [6.45, 7) is 3.24. The number of para-hydroxylation sites is 1. The molecule has 7 nitrogen and oxygen atoms in total. The summed E-state index contributed by atoms with van der Waals surface area (Å²) >= 11 is 0. The highest BCUT2D eigenvalue weighted by Crippen LogP contribution is 2.44. The van der Waals surface area contributed by atoms with E-state index in [0.29, 0.717) is 36.7 Å². The Balaban J connectivity index is 1.72. The Hall–Kier alpha value is -4.65. The number of nitrogens with zero attached hydrogens (tertiary/aromatic N) is 3. The van der Waals surface area contributed by atoms with Crippen molar-refractivity contribution in [2.24, 2.45) is 0 Å². The van der Waals surface area contributed by atoms with E-state index in [4.69, 9.17) is 4.74 Å². The van der Waals surface area contributed by atoms with E-state index in [1.165, 1.54) is 12.1 Å². The number of fused-ring (bicyclic) bond motifs is 1. The van der Waals surface area contributed by atoms with Gasteiger partial charge >= 0.3 is 0 Å². The van der Waals surface area contributed by atoms with Crippen LogP contribution < -0.4 is 9.64 Å². The molecule has 7 heteroatoms. The first-order valence-electron chi connectivity index (χ1n) is 12.2. The van der Waals surface area contributed by atoms with E-state index in [9.17, 15) is 14.9 Å². The van der Waals surface area contributed by atoms with E-state index in [2.05, 4.69) is 4.90 Å². The maximum Gasteiger partial charge on any atom is 0.270 e. The van der Waals surface area contributed by atoms with Crippen LogP contribution in [0.1, 0.15) is 40.1 Å². The molecule has 0 fully saturated rings. The molecule has 0 radical (unpaired) electrons. The Labute approximate surface area is 215 Å². The number of amides is 1. The minimum atomic E-state index is -0.496. The largest absolute Gasteiger partial charge is 0.493 e. The van der Waals surface area contributed by atoms with Crippen LogP contribution >= 0.6 is 0 Å². The minimum Gasteiger partial charge on any atom is -0.493 e. The number of rotatable bonds is 8. The molecule has 4 aromatic carbocycles. The van der Waals surface area contributed by atoms with E-state index in [-0.39, 0.29) is 11.6 Å². The third-order valence-corrected chi connectivity index (χ3v) is 6.47. The second-order valence-electron chi connectivity index (χ2n) is 8.84. The molecule has 1 amide bonds. The Bertz CT molecular complexity index is 1410. The molecular weight excluding hydrogens is 466 g/mol. The van der Waals surface area contributed by atoms with Crippen LogP contribution in [0.15, 0.2) is 103 Å². The van der Waals surface area contributed by atoms with Crippen LogP contribution in [-0.4, -0.2) is 22.3 Å². The fraction of sp³-hybridized carbons (Fsp3) is 0.167. The summed E-state index contributed by atoms with van der Waals surface area (Å²) < 4.78 is 6.01. The molecule has 0 bridgehead atoms. The molecule has 1 atom stereocenters. The number of nitro groups is 1. The van der Waals surface area contributed by atoms with Gasteiger partial charge in [-0.15, -0.1) is 0 Å². The van der Waals surface area contributed by atoms with E-state index in [0.717, 1.165) is 16.7 Å². The molecule has 5 rings (SSSR count). The van der Waals surface area contributed by atoms with Crippen LogP contribution in [0, 0.1) is 10.1 Å². The first kappa shape index (κ1) is 24.1. The highest BCUT2D eigenvalue weighted by atomic mass is 16.6. The predicted molar refractivity (Wildman–Crippen MR) is 142 cm³/mol. The molecule has 0 spiro atoms. The summed E-state index contributed by atoms with van der Waals surface area (Å²) in [5.74, 6) is 0.437. The number of benzene rings is 4. The zero-order valence-corrected chi connectivity index (χ0v) is 20.5. The molecule has 186 valence electrons. The van der Waals surface area contributed by atoms with Crippen molar-refractivity contribution < 1.29 is 14.5 Å². The average Bonchev–Trinajstić information content (AvgIpc) is 2.93. The van der Waals surface area contributed by atoms with Crippen molar-refractivity contribution in [1.82, 2.24) is 4.90 Å². The van der Waals surface area contributed by atoms with Crippen LogP contribution in [0.2, 0.25) is 0 Å². The van der Waals surface area contributed by atoms with E-state index < -0.39 is 11.1 Å². The van der Waals surface area contributed by atoms with Gasteiger partial charge in [0.2, 0.25) is 0 Å².